The largest absolute Gasteiger partial charge is 0.399 e. The first kappa shape index (κ1) is 48.1. The van der Waals surface area contributed by atoms with Gasteiger partial charge in [-0.1, -0.05) is 241 Å². The summed E-state index contributed by atoms with van der Waals surface area (Å²) in [7, 11) is 0. The van der Waals surface area contributed by atoms with Crippen molar-refractivity contribution in [3.8, 4) is 0 Å². The Kier molecular flexibility index (Phi) is 24.2. The molecule has 4 rings (SSSR count). The van der Waals surface area contributed by atoms with Crippen LogP contribution in [0.5, 0.6) is 0 Å². The Morgan fingerprint density at radius 1 is 0.305 bits per heavy atom. The number of anilines is 2. The van der Waals surface area contributed by atoms with Crippen LogP contribution in [0.25, 0.3) is 0 Å². The lowest BCUT2D eigenvalue weighted by molar-refractivity contribution is 0.540. The van der Waals surface area contributed by atoms with Crippen molar-refractivity contribution in [3.63, 3.8) is 0 Å². The predicted octanol–water partition coefficient (Wildman–Crippen LogP) is 17.6. The molecule has 0 aliphatic rings. The second kappa shape index (κ2) is 29.7. The minimum atomic E-state index is 0.416. The quantitative estimate of drug-likeness (QED) is 0.0373. The summed E-state index contributed by atoms with van der Waals surface area (Å²) in [5, 5.41) is 0. The first-order chi connectivity index (χ1) is 29.0. The highest BCUT2D eigenvalue weighted by atomic mass is 14.5. The lowest BCUT2D eigenvalue weighted by Crippen LogP contribution is -2.06. The molecule has 0 aliphatic heterocycles. The van der Waals surface area contributed by atoms with Gasteiger partial charge < -0.3 is 11.5 Å². The summed E-state index contributed by atoms with van der Waals surface area (Å²) in [6.45, 7) is 6.92. The van der Waals surface area contributed by atoms with Crippen LogP contribution in [-0.2, 0) is 6.42 Å². The monoisotopic (exact) mass is 799 g/mol. The fourth-order valence-corrected chi connectivity index (χ4v) is 9.38. The van der Waals surface area contributed by atoms with Gasteiger partial charge in [-0.15, -0.1) is 0 Å². The van der Waals surface area contributed by atoms with E-state index < -0.39 is 0 Å². The highest BCUT2D eigenvalue weighted by Gasteiger charge is 2.19. The lowest BCUT2D eigenvalue weighted by Gasteiger charge is -2.22. The van der Waals surface area contributed by atoms with Gasteiger partial charge >= 0.3 is 0 Å². The van der Waals surface area contributed by atoms with Gasteiger partial charge in [0.15, 0.2) is 0 Å². The van der Waals surface area contributed by atoms with E-state index in [1.54, 1.807) is 0 Å². The number of hydrogen-bond donors (Lipinski definition) is 2. The second-order valence-electron chi connectivity index (χ2n) is 18.2. The molecule has 0 bridgehead atoms. The zero-order chi connectivity index (χ0) is 41.8. The number of unbranched alkanes of at least 4 members (excludes halogenated alkanes) is 20. The Labute approximate surface area is 363 Å². The van der Waals surface area contributed by atoms with E-state index in [0.29, 0.717) is 17.8 Å². The molecule has 3 unspecified atom stereocenters. The van der Waals surface area contributed by atoms with E-state index in [1.807, 2.05) is 0 Å². The third-order valence-electron chi connectivity index (χ3n) is 13.2. The maximum absolute atomic E-state index is 6.14. The minimum absolute atomic E-state index is 0.416. The van der Waals surface area contributed by atoms with Gasteiger partial charge in [0.05, 0.1) is 0 Å². The van der Waals surface area contributed by atoms with E-state index in [1.165, 1.54) is 200 Å². The molecule has 4 N–H and O–H groups in total. The molecule has 0 radical (unpaired) electrons. The van der Waals surface area contributed by atoms with Crippen molar-refractivity contribution < 1.29 is 0 Å². The third-order valence-corrected chi connectivity index (χ3v) is 13.2. The van der Waals surface area contributed by atoms with Crippen LogP contribution in [0.4, 0.5) is 11.4 Å². The molecule has 2 nitrogen and oxygen atoms in total. The van der Waals surface area contributed by atoms with Crippen LogP contribution < -0.4 is 11.5 Å². The molecule has 59 heavy (non-hydrogen) atoms. The van der Waals surface area contributed by atoms with Crippen molar-refractivity contribution in [1.82, 2.24) is 0 Å². The Hall–Kier alpha value is -3.52. The van der Waals surface area contributed by atoms with Crippen molar-refractivity contribution in [2.75, 3.05) is 11.5 Å². The first-order valence-corrected chi connectivity index (χ1v) is 24.9. The van der Waals surface area contributed by atoms with E-state index in [-0.39, 0.29) is 0 Å². The normalized spacial score (nSPS) is 13.1. The molecule has 0 amide bonds. The Morgan fingerprint density at radius 3 is 0.949 bits per heavy atom. The van der Waals surface area contributed by atoms with Crippen LogP contribution in [0, 0.1) is 0 Å². The summed E-state index contributed by atoms with van der Waals surface area (Å²) in [6.07, 6.45) is 36.0. The predicted molar refractivity (Wildman–Crippen MR) is 262 cm³/mol. The van der Waals surface area contributed by atoms with Crippen molar-refractivity contribution in [2.24, 2.45) is 0 Å². The van der Waals surface area contributed by atoms with Crippen LogP contribution in [0.1, 0.15) is 239 Å². The van der Waals surface area contributed by atoms with E-state index in [9.17, 15) is 0 Å². The molecule has 0 aromatic heterocycles. The molecule has 0 aliphatic carbocycles. The summed E-state index contributed by atoms with van der Waals surface area (Å²) in [5.41, 5.74) is 22.6. The van der Waals surface area contributed by atoms with Crippen molar-refractivity contribution in [1.29, 1.82) is 0 Å². The Morgan fingerprint density at radius 2 is 0.576 bits per heavy atom. The number of hydrogen-bond acceptors (Lipinski definition) is 2. The average molecular weight is 799 g/mol. The maximum atomic E-state index is 6.14. The highest BCUT2D eigenvalue weighted by molar-refractivity contribution is 5.44. The van der Waals surface area contributed by atoms with Gasteiger partial charge in [-0.2, -0.15) is 0 Å². The molecular weight excluding hydrogens is 713 g/mol. The smallest absolute Gasteiger partial charge is 0.0314 e. The van der Waals surface area contributed by atoms with Crippen molar-refractivity contribution in [2.45, 2.75) is 212 Å². The standard InChI is InChI=1S/C57H86N2/c1-4-7-10-12-14-16-18-20-22-25-28-56(51-38-42-54(58)43-39-51)49-32-30-47(31-33-49)46-53(27-24-9-6-3)48-34-36-50(37-35-48)57(52-40-44-55(59)45-41-52)29-26-23-21-19-17-15-13-11-8-5-2/h30-45,53,56-57H,4-29,46,58-59H2,1-3H3. The molecule has 4 aromatic carbocycles. The number of rotatable bonds is 33. The van der Waals surface area contributed by atoms with Crippen LogP contribution in [0.15, 0.2) is 97.1 Å². The molecule has 0 saturated carbocycles. The zero-order valence-electron chi connectivity index (χ0n) is 38.2. The SMILES string of the molecule is CCCCCCCCCCCCC(c1ccc(N)cc1)c1ccc(CC(CCCCC)c2ccc(C(CCCCCCCCCCCC)c3ccc(N)cc3)cc2)cc1. The average Bonchev–Trinajstić information content (AvgIpc) is 3.26. The minimum Gasteiger partial charge on any atom is -0.399 e. The van der Waals surface area contributed by atoms with Crippen LogP contribution in [-0.4, -0.2) is 0 Å². The van der Waals surface area contributed by atoms with Crippen molar-refractivity contribution in [3.05, 3.63) is 130 Å². The second-order valence-corrected chi connectivity index (χ2v) is 18.2. The molecule has 0 spiro atoms. The third kappa shape index (κ3) is 18.7. The molecule has 0 heterocycles. The zero-order valence-corrected chi connectivity index (χ0v) is 38.2. The number of benzene rings is 4. The van der Waals surface area contributed by atoms with Gasteiger partial charge in [-0.3, -0.25) is 0 Å². The molecule has 0 fully saturated rings. The molecule has 2 heteroatoms. The van der Waals surface area contributed by atoms with Gasteiger partial charge in [0.25, 0.3) is 0 Å². The van der Waals surface area contributed by atoms with Gasteiger partial charge in [0.2, 0.25) is 0 Å². The molecule has 324 valence electrons. The van der Waals surface area contributed by atoms with Crippen LogP contribution in [0.3, 0.4) is 0 Å². The fourth-order valence-electron chi connectivity index (χ4n) is 9.38. The first-order valence-electron chi connectivity index (χ1n) is 24.9. The number of nitrogens with two attached hydrogens (primary N) is 2. The Bertz CT molecular complexity index is 1590. The molecule has 0 saturated heterocycles. The van der Waals surface area contributed by atoms with Crippen LogP contribution >= 0.6 is 0 Å². The number of nitrogen functional groups attached to an aromatic ring is 2. The Balaban J connectivity index is 1.39. The lowest BCUT2D eigenvalue weighted by atomic mass is 9.83. The van der Waals surface area contributed by atoms with E-state index in [2.05, 4.69) is 118 Å². The summed E-state index contributed by atoms with van der Waals surface area (Å²) < 4.78 is 0. The van der Waals surface area contributed by atoms with Crippen LogP contribution in [0.2, 0.25) is 0 Å². The molecule has 3 atom stereocenters. The topological polar surface area (TPSA) is 52.0 Å². The van der Waals surface area contributed by atoms with Crippen molar-refractivity contribution >= 4 is 11.4 Å². The fraction of sp³-hybridized carbons (Fsp3) is 0.579. The summed E-state index contributed by atoms with van der Waals surface area (Å²) >= 11 is 0. The molecular formula is C57H86N2. The van der Waals surface area contributed by atoms with E-state index >= 15 is 0 Å². The van der Waals surface area contributed by atoms with Gasteiger partial charge in [0.1, 0.15) is 0 Å². The van der Waals surface area contributed by atoms with Gasteiger partial charge in [-0.25, -0.2) is 0 Å². The highest BCUT2D eigenvalue weighted by Crippen LogP contribution is 2.35. The van der Waals surface area contributed by atoms with Gasteiger partial charge in [-0.05, 0) is 89.2 Å². The van der Waals surface area contributed by atoms with Gasteiger partial charge in [0, 0.05) is 23.2 Å². The van der Waals surface area contributed by atoms with E-state index in [0.717, 1.165) is 17.8 Å². The van der Waals surface area contributed by atoms with E-state index in [4.69, 9.17) is 11.5 Å². The summed E-state index contributed by atoms with van der Waals surface area (Å²) in [5.74, 6) is 1.36. The summed E-state index contributed by atoms with van der Waals surface area (Å²) in [4.78, 5) is 0. The summed E-state index contributed by atoms with van der Waals surface area (Å²) in [6, 6.07) is 36.9. The molecule has 4 aromatic rings. The maximum Gasteiger partial charge on any atom is 0.0314 e.